The van der Waals surface area contributed by atoms with Crippen LogP contribution in [0.1, 0.15) is 0 Å². The molecule has 0 bridgehead atoms. The topological polar surface area (TPSA) is 141 Å². The van der Waals surface area contributed by atoms with Crippen LogP contribution in [0.4, 0.5) is 0 Å². The minimum Gasteiger partial charge on any atom is -0.316 e. The lowest BCUT2D eigenvalue weighted by molar-refractivity contribution is 0.331. The summed E-state index contributed by atoms with van der Waals surface area (Å²) < 4.78 is 33.2. The molecule has 2 unspecified atom stereocenters. The Bertz CT molecular complexity index is 244. The molecule has 66 valence electrons. The van der Waals surface area contributed by atoms with Gasteiger partial charge in [-0.25, -0.2) is 9.13 Å². The summed E-state index contributed by atoms with van der Waals surface area (Å²) in [6.07, 6.45) is 0. The van der Waals surface area contributed by atoms with E-state index in [9.17, 15) is 13.7 Å². The molecule has 0 radical (unpaired) electrons. The molecule has 0 heterocycles. The fourth-order valence-corrected chi connectivity index (χ4v) is 2.67. The Morgan fingerprint density at radius 2 is 1.55 bits per heavy atom. The van der Waals surface area contributed by atoms with Crippen molar-refractivity contribution in [2.24, 2.45) is 0 Å². The van der Waals surface area contributed by atoms with E-state index in [0.29, 0.717) is 0 Å². The average molecular weight is 225 g/mol. The van der Waals surface area contributed by atoms with Crippen LogP contribution in [-0.4, -0.2) is 19.6 Å². The summed E-state index contributed by atoms with van der Waals surface area (Å²) in [6.45, 7) is 0. The smallest absolute Gasteiger partial charge is 0.316 e. The zero-order chi connectivity index (χ0) is 9.28. The van der Waals surface area contributed by atoms with Crippen molar-refractivity contribution in [3.05, 3.63) is 0 Å². The van der Waals surface area contributed by atoms with Crippen LogP contribution in [0, 0.1) is 0 Å². The van der Waals surface area contributed by atoms with E-state index in [1.165, 1.54) is 0 Å². The summed E-state index contributed by atoms with van der Waals surface area (Å²) in [6, 6.07) is 0. The maximum Gasteiger partial charge on any atom is 0.704 e. The van der Waals surface area contributed by atoms with Crippen molar-refractivity contribution in [1.82, 2.24) is 0 Å². The Balaban J connectivity index is 4.63. The van der Waals surface area contributed by atoms with Crippen molar-refractivity contribution in [1.29, 1.82) is 0 Å². The predicted molar refractivity (Wildman–Crippen MR) is 32.8 cm³/mol. The van der Waals surface area contributed by atoms with Crippen LogP contribution in [-0.2, 0) is 18.0 Å². The molecule has 11 heavy (non-hydrogen) atoms. The first-order valence-electron chi connectivity index (χ1n) is 1.91. The highest BCUT2D eigenvalue weighted by atomic mass is 32.1. The summed E-state index contributed by atoms with van der Waals surface area (Å²) in [7, 11) is -14.2. The molecule has 4 N–H and O–H groups in total. The second-order valence-electron chi connectivity index (χ2n) is 1.32. The second-order valence-corrected chi connectivity index (χ2v) is 7.54. The highest BCUT2D eigenvalue weighted by Gasteiger charge is 2.49. The first kappa shape index (κ1) is 11.4. The van der Waals surface area contributed by atoms with Crippen molar-refractivity contribution < 1.29 is 37.6 Å². The lowest BCUT2D eigenvalue weighted by Crippen LogP contribution is -1.83. The molecule has 8 nitrogen and oxygen atoms in total. The fraction of sp³-hybridized carbons (Fsp3) is 0. The van der Waals surface area contributed by atoms with E-state index in [2.05, 4.69) is 4.31 Å². The summed E-state index contributed by atoms with van der Waals surface area (Å²) in [4.78, 5) is 32.2. The van der Waals surface area contributed by atoms with E-state index in [1.54, 1.807) is 0 Å². The summed E-state index contributed by atoms with van der Waals surface area (Å²) >= 11 is 0. The molecule has 0 saturated carbocycles. The zero-order valence-corrected chi connectivity index (χ0v) is 7.45. The van der Waals surface area contributed by atoms with Gasteiger partial charge >= 0.3 is 22.8 Å². The molecule has 0 aliphatic heterocycles. The Morgan fingerprint density at radius 1 is 1.18 bits per heavy atom. The van der Waals surface area contributed by atoms with Crippen LogP contribution < -0.4 is 0 Å². The molecule has 0 aromatic carbocycles. The number of hydrogen-bond acceptors (Lipinski definition) is 4. The van der Waals surface area contributed by atoms with Gasteiger partial charge in [-0.2, -0.15) is 0 Å². The average Bonchev–Trinajstić information content (AvgIpc) is 1.56. The molecule has 0 aromatic heterocycles. The summed E-state index contributed by atoms with van der Waals surface area (Å²) in [5.74, 6) is 0. The fourth-order valence-electron chi connectivity index (χ4n) is 0.139. The van der Waals surface area contributed by atoms with Crippen molar-refractivity contribution in [2.45, 2.75) is 0 Å². The first-order valence-corrected chi connectivity index (χ1v) is 6.94. The van der Waals surface area contributed by atoms with Crippen molar-refractivity contribution >= 4 is 22.8 Å². The lowest BCUT2D eigenvalue weighted by atomic mass is 15.8. The van der Waals surface area contributed by atoms with Gasteiger partial charge < -0.3 is 14.7 Å². The van der Waals surface area contributed by atoms with E-state index in [4.69, 9.17) is 19.6 Å². The minimum atomic E-state index is -5.38. The predicted octanol–water partition coefficient (Wildman–Crippen LogP) is -0.0692. The molecule has 0 aromatic rings. The Morgan fingerprint density at radius 3 is 1.64 bits per heavy atom. The molecule has 0 saturated heterocycles. The van der Waals surface area contributed by atoms with Crippen molar-refractivity contribution in [3.63, 3.8) is 0 Å². The monoisotopic (exact) mass is 225 g/mol. The molecule has 0 aliphatic carbocycles. The van der Waals surface area contributed by atoms with Gasteiger partial charge in [-0.1, -0.05) is 0 Å². The molecule has 0 spiro atoms. The van der Waals surface area contributed by atoms with Gasteiger partial charge in [0.2, 0.25) is 0 Å². The van der Waals surface area contributed by atoms with Gasteiger partial charge in [-0.3, -0.25) is 0 Å². The number of rotatable bonds is 3. The summed E-state index contributed by atoms with van der Waals surface area (Å²) in [5, 5.41) is 0. The third kappa shape index (κ3) is 3.51. The SMILES string of the molecule is O=[P+](O)OP(=O)(O)P(=O)(O)O. The van der Waals surface area contributed by atoms with Crippen LogP contribution >= 0.6 is 22.8 Å². The second kappa shape index (κ2) is 3.39. The third-order valence-corrected chi connectivity index (χ3v) is 5.21. The molecule has 0 aliphatic rings. The Hall–Kier alpha value is 0.360. The van der Waals surface area contributed by atoms with E-state index in [-0.39, 0.29) is 0 Å². The molecule has 0 rings (SSSR count). The molecule has 0 amide bonds. The van der Waals surface area contributed by atoms with Crippen LogP contribution in [0.3, 0.4) is 0 Å². The highest BCUT2D eigenvalue weighted by Crippen LogP contribution is 2.77. The molecule has 11 heteroatoms. The highest BCUT2D eigenvalue weighted by molar-refractivity contribution is 8.27. The maximum absolute atomic E-state index is 10.3. The standard InChI is InChI=1S/H3O8P3/c1-9(2)8-11(6,7)10(3,4)5/h(H3-,1,2,3,4,5,6,7)/p+1. The van der Waals surface area contributed by atoms with Gasteiger partial charge in [0.15, 0.2) is 0 Å². The maximum atomic E-state index is 10.3. The van der Waals surface area contributed by atoms with Gasteiger partial charge in [0.25, 0.3) is 0 Å². The molecular weight excluding hydrogens is 221 g/mol. The molecule has 0 fully saturated rings. The van der Waals surface area contributed by atoms with E-state index >= 15 is 0 Å². The molecule has 2 atom stereocenters. The van der Waals surface area contributed by atoms with Gasteiger partial charge in [-0.15, -0.1) is 4.89 Å². The third-order valence-electron chi connectivity index (χ3n) is 0.505. The van der Waals surface area contributed by atoms with Gasteiger partial charge in [0, 0.05) is 4.57 Å². The van der Waals surface area contributed by atoms with Gasteiger partial charge in [-0.05, 0) is 4.31 Å². The number of hydrogen-bond donors (Lipinski definition) is 4. The Labute approximate surface area is 61.4 Å². The minimum absolute atomic E-state index is 3.21. The van der Waals surface area contributed by atoms with Crippen molar-refractivity contribution in [3.8, 4) is 0 Å². The molecular formula is H4O8P3+. The summed E-state index contributed by atoms with van der Waals surface area (Å²) in [5.41, 5.74) is 0. The van der Waals surface area contributed by atoms with Gasteiger partial charge in [0.05, 0.1) is 0 Å². The van der Waals surface area contributed by atoms with E-state index in [1.807, 2.05) is 0 Å². The van der Waals surface area contributed by atoms with Gasteiger partial charge in [0.1, 0.15) is 0 Å². The van der Waals surface area contributed by atoms with Crippen LogP contribution in [0.15, 0.2) is 0 Å². The van der Waals surface area contributed by atoms with Crippen LogP contribution in [0.5, 0.6) is 0 Å². The van der Waals surface area contributed by atoms with Crippen LogP contribution in [0.2, 0.25) is 0 Å². The first-order chi connectivity index (χ1) is 4.67. The van der Waals surface area contributed by atoms with E-state index < -0.39 is 22.8 Å². The van der Waals surface area contributed by atoms with E-state index in [0.717, 1.165) is 0 Å². The normalized spacial score (nSPS) is 19.1. The lowest BCUT2D eigenvalue weighted by Gasteiger charge is -2.03. The quantitative estimate of drug-likeness (QED) is 0.489. The van der Waals surface area contributed by atoms with Crippen LogP contribution in [0.25, 0.3) is 0 Å². The van der Waals surface area contributed by atoms with Crippen molar-refractivity contribution in [2.75, 3.05) is 0 Å². The zero-order valence-electron chi connectivity index (χ0n) is 4.76. The Kier molecular flexibility index (Phi) is 3.50. The largest absolute Gasteiger partial charge is 0.704 e.